The topological polar surface area (TPSA) is 41.7 Å². The molecule has 2 aliphatic heterocycles. The number of rotatable bonds is 3. The Balaban J connectivity index is 1.79. The van der Waals surface area contributed by atoms with Crippen LogP contribution in [0.3, 0.4) is 0 Å². The van der Waals surface area contributed by atoms with E-state index in [-0.39, 0.29) is 6.10 Å². The first-order chi connectivity index (χ1) is 10.00. The van der Waals surface area contributed by atoms with Crippen LogP contribution in [-0.4, -0.2) is 43.2 Å². The summed E-state index contributed by atoms with van der Waals surface area (Å²) in [4.78, 5) is 5.03. The lowest BCUT2D eigenvalue weighted by Gasteiger charge is -2.32. The summed E-state index contributed by atoms with van der Waals surface area (Å²) < 4.78 is 5.82. The zero-order valence-electron chi connectivity index (χ0n) is 13.4. The van der Waals surface area contributed by atoms with Gasteiger partial charge in [0.15, 0.2) is 0 Å². The van der Waals surface area contributed by atoms with E-state index in [0.29, 0.717) is 5.54 Å². The Morgan fingerprint density at radius 3 is 2.71 bits per heavy atom. The number of hydrogen-bond acceptors (Lipinski definition) is 4. The Hall–Kier alpha value is -1.42. The molecule has 4 nitrogen and oxygen atoms in total. The molecular formula is C17H27N3O. The van der Waals surface area contributed by atoms with Gasteiger partial charge in [0.2, 0.25) is 0 Å². The summed E-state index contributed by atoms with van der Waals surface area (Å²) in [5.41, 5.74) is 8.37. The molecule has 2 N–H and O–H groups in total. The summed E-state index contributed by atoms with van der Waals surface area (Å²) in [7, 11) is 2.27. The molecule has 0 amide bonds. The maximum Gasteiger partial charge on any atom is 0.144 e. The molecule has 1 aromatic carbocycles. The fraction of sp³-hybridized carbons (Fsp3) is 0.647. The fourth-order valence-corrected chi connectivity index (χ4v) is 3.74. The summed E-state index contributed by atoms with van der Waals surface area (Å²) in [6.45, 7) is 7.54. The van der Waals surface area contributed by atoms with Crippen LogP contribution in [0.1, 0.15) is 33.1 Å². The molecule has 116 valence electrons. The standard InChI is InChI=1S/C17H27N3O/c1-13(2)21-16-11-14(5-6-15(16)18)20-10-8-17(12-20)7-4-9-19(17)3/h5-6,11,13H,4,7-10,12,18H2,1-3H3. The highest BCUT2D eigenvalue weighted by molar-refractivity contribution is 5.63. The van der Waals surface area contributed by atoms with Crippen LogP contribution in [0.25, 0.3) is 0 Å². The highest BCUT2D eigenvalue weighted by Crippen LogP contribution is 2.39. The van der Waals surface area contributed by atoms with E-state index < -0.39 is 0 Å². The van der Waals surface area contributed by atoms with Gasteiger partial charge in [0, 0.05) is 30.4 Å². The number of likely N-dealkylation sites (tertiary alicyclic amines) is 1. The maximum atomic E-state index is 6.02. The summed E-state index contributed by atoms with van der Waals surface area (Å²) in [6, 6.07) is 6.19. The smallest absolute Gasteiger partial charge is 0.144 e. The Morgan fingerprint density at radius 1 is 1.24 bits per heavy atom. The van der Waals surface area contributed by atoms with Crippen LogP contribution in [-0.2, 0) is 0 Å². The first-order valence-electron chi connectivity index (χ1n) is 8.03. The summed E-state index contributed by atoms with van der Waals surface area (Å²) in [6.07, 6.45) is 4.06. The first-order valence-corrected chi connectivity index (χ1v) is 8.03. The van der Waals surface area contributed by atoms with E-state index in [1.54, 1.807) is 0 Å². The first kappa shape index (κ1) is 14.5. The number of nitrogens with zero attached hydrogens (tertiary/aromatic N) is 2. The molecular weight excluding hydrogens is 262 g/mol. The van der Waals surface area contributed by atoms with Crippen LogP contribution in [0.5, 0.6) is 5.75 Å². The minimum atomic E-state index is 0.147. The molecule has 21 heavy (non-hydrogen) atoms. The van der Waals surface area contributed by atoms with Gasteiger partial charge in [-0.1, -0.05) is 0 Å². The van der Waals surface area contributed by atoms with Crippen molar-refractivity contribution in [3.63, 3.8) is 0 Å². The molecule has 3 rings (SSSR count). The summed E-state index contributed by atoms with van der Waals surface area (Å²) in [5, 5.41) is 0. The van der Waals surface area contributed by atoms with E-state index in [1.807, 2.05) is 19.9 Å². The van der Waals surface area contributed by atoms with E-state index in [9.17, 15) is 0 Å². The van der Waals surface area contributed by atoms with Crippen molar-refractivity contribution in [3.8, 4) is 5.75 Å². The summed E-state index contributed by atoms with van der Waals surface area (Å²) >= 11 is 0. The zero-order chi connectivity index (χ0) is 15.0. The van der Waals surface area contributed by atoms with Gasteiger partial charge in [0.05, 0.1) is 11.8 Å². The molecule has 1 unspecified atom stereocenters. The molecule has 4 heteroatoms. The minimum Gasteiger partial charge on any atom is -0.489 e. The number of hydrogen-bond donors (Lipinski definition) is 1. The minimum absolute atomic E-state index is 0.147. The average molecular weight is 289 g/mol. The molecule has 0 bridgehead atoms. The molecule has 0 radical (unpaired) electrons. The van der Waals surface area contributed by atoms with Crippen molar-refractivity contribution >= 4 is 11.4 Å². The normalized spacial score (nSPS) is 26.2. The Labute approximate surface area is 127 Å². The van der Waals surface area contributed by atoms with Crippen LogP contribution in [0.15, 0.2) is 18.2 Å². The lowest BCUT2D eigenvalue weighted by Crippen LogP contribution is -2.43. The van der Waals surface area contributed by atoms with Crippen LogP contribution in [0.2, 0.25) is 0 Å². The number of anilines is 2. The molecule has 0 aliphatic carbocycles. The number of ether oxygens (including phenoxy) is 1. The SMILES string of the molecule is CC(C)Oc1cc(N2CCC3(CCCN3C)C2)ccc1N. The Kier molecular flexibility index (Phi) is 3.74. The van der Waals surface area contributed by atoms with Crippen molar-refractivity contribution in [1.82, 2.24) is 4.90 Å². The predicted octanol–water partition coefficient (Wildman–Crippen LogP) is 2.73. The van der Waals surface area contributed by atoms with E-state index in [2.05, 4.69) is 29.0 Å². The van der Waals surface area contributed by atoms with Gasteiger partial charge < -0.3 is 15.4 Å². The van der Waals surface area contributed by atoms with Crippen LogP contribution >= 0.6 is 0 Å². The molecule has 0 aromatic heterocycles. The van der Waals surface area contributed by atoms with Gasteiger partial charge in [0.1, 0.15) is 5.75 Å². The van der Waals surface area contributed by atoms with Gasteiger partial charge >= 0.3 is 0 Å². The third-order valence-electron chi connectivity index (χ3n) is 5.00. The molecule has 1 spiro atoms. The zero-order valence-corrected chi connectivity index (χ0v) is 13.4. The van der Waals surface area contributed by atoms with Crippen LogP contribution in [0.4, 0.5) is 11.4 Å². The molecule has 2 heterocycles. The lowest BCUT2D eigenvalue weighted by molar-refractivity contribution is 0.198. The van der Waals surface area contributed by atoms with Gasteiger partial charge in [-0.2, -0.15) is 0 Å². The van der Waals surface area contributed by atoms with Crippen LogP contribution < -0.4 is 15.4 Å². The van der Waals surface area contributed by atoms with E-state index in [1.165, 1.54) is 31.5 Å². The maximum absolute atomic E-state index is 6.02. The molecule has 2 saturated heterocycles. The van der Waals surface area contributed by atoms with Crippen molar-refractivity contribution in [2.45, 2.75) is 44.8 Å². The average Bonchev–Trinajstić information content (AvgIpc) is 3.01. The Morgan fingerprint density at radius 2 is 2.05 bits per heavy atom. The largest absolute Gasteiger partial charge is 0.489 e. The van der Waals surface area contributed by atoms with Crippen molar-refractivity contribution in [2.24, 2.45) is 0 Å². The van der Waals surface area contributed by atoms with E-state index >= 15 is 0 Å². The van der Waals surface area contributed by atoms with Gasteiger partial charge in [-0.05, 0) is 58.8 Å². The number of nitrogens with two attached hydrogens (primary N) is 1. The molecule has 0 saturated carbocycles. The third kappa shape index (κ3) is 2.69. The molecule has 1 aromatic rings. The van der Waals surface area contributed by atoms with Crippen molar-refractivity contribution in [1.29, 1.82) is 0 Å². The summed E-state index contributed by atoms with van der Waals surface area (Å²) in [5.74, 6) is 0.809. The highest BCUT2D eigenvalue weighted by atomic mass is 16.5. The van der Waals surface area contributed by atoms with Crippen molar-refractivity contribution < 1.29 is 4.74 Å². The predicted molar refractivity (Wildman–Crippen MR) is 88.0 cm³/mol. The number of nitrogen functional groups attached to an aromatic ring is 1. The van der Waals surface area contributed by atoms with E-state index in [0.717, 1.165) is 24.5 Å². The second-order valence-electron chi connectivity index (χ2n) is 6.81. The monoisotopic (exact) mass is 289 g/mol. The quantitative estimate of drug-likeness (QED) is 0.869. The number of likely N-dealkylation sites (N-methyl/N-ethyl adjacent to an activating group) is 1. The van der Waals surface area contributed by atoms with Gasteiger partial charge in [-0.3, -0.25) is 4.90 Å². The van der Waals surface area contributed by atoms with Gasteiger partial charge in [0.25, 0.3) is 0 Å². The second-order valence-corrected chi connectivity index (χ2v) is 6.81. The number of benzene rings is 1. The second kappa shape index (κ2) is 5.41. The van der Waals surface area contributed by atoms with E-state index in [4.69, 9.17) is 10.5 Å². The molecule has 2 fully saturated rings. The van der Waals surface area contributed by atoms with Crippen molar-refractivity contribution in [2.75, 3.05) is 37.3 Å². The van der Waals surface area contributed by atoms with Gasteiger partial charge in [-0.25, -0.2) is 0 Å². The highest BCUT2D eigenvalue weighted by Gasteiger charge is 2.44. The fourth-order valence-electron chi connectivity index (χ4n) is 3.74. The lowest BCUT2D eigenvalue weighted by atomic mass is 9.96. The molecule has 1 atom stereocenters. The van der Waals surface area contributed by atoms with Crippen molar-refractivity contribution in [3.05, 3.63) is 18.2 Å². The third-order valence-corrected chi connectivity index (χ3v) is 5.00. The molecule has 2 aliphatic rings. The van der Waals surface area contributed by atoms with Gasteiger partial charge in [-0.15, -0.1) is 0 Å². The Bertz CT molecular complexity index is 517. The van der Waals surface area contributed by atoms with Crippen LogP contribution in [0, 0.1) is 0 Å².